The molecular weight excluding hydrogens is 144 g/mol. The number of ketones is 1. The highest BCUT2D eigenvalue weighted by Gasteiger charge is 2.15. The molecule has 0 bridgehead atoms. The van der Waals surface area contributed by atoms with Gasteiger partial charge in [-0.2, -0.15) is 0 Å². The lowest BCUT2D eigenvalue weighted by molar-refractivity contribution is 0.0967. The second-order valence-corrected chi connectivity index (χ2v) is 2.47. The van der Waals surface area contributed by atoms with Crippen molar-refractivity contribution < 1.29 is 9.32 Å². The first-order chi connectivity index (χ1) is 5.13. The fraction of sp³-hybridized carbons (Fsp3) is 0.429. The lowest BCUT2D eigenvalue weighted by Crippen LogP contribution is -2.26. The third kappa shape index (κ3) is 1.46. The molecule has 2 N–H and O–H groups in total. The van der Waals surface area contributed by atoms with Gasteiger partial charge in [-0.25, -0.2) is 0 Å². The van der Waals surface area contributed by atoms with Gasteiger partial charge >= 0.3 is 0 Å². The van der Waals surface area contributed by atoms with Gasteiger partial charge in [0.25, 0.3) is 0 Å². The fourth-order valence-electron chi connectivity index (χ4n) is 0.774. The van der Waals surface area contributed by atoms with Crippen LogP contribution < -0.4 is 5.73 Å². The summed E-state index contributed by atoms with van der Waals surface area (Å²) >= 11 is 0. The molecule has 1 atom stereocenters. The molecule has 60 valence electrons. The number of Topliss-reactive ketones (excluding diaryl/α,β-unsaturated/α-hetero) is 1. The van der Waals surface area contributed by atoms with E-state index in [2.05, 4.69) is 9.68 Å². The number of nitrogens with two attached hydrogens (primary N) is 1. The van der Waals surface area contributed by atoms with Crippen molar-refractivity contribution in [3.05, 3.63) is 17.5 Å². The quantitative estimate of drug-likeness (QED) is 0.630. The SMILES string of the molecule is Cc1nocc1C(=O)C(C)N. The Kier molecular flexibility index (Phi) is 2.05. The van der Waals surface area contributed by atoms with E-state index in [4.69, 9.17) is 5.73 Å². The van der Waals surface area contributed by atoms with Gasteiger partial charge in [0.05, 0.1) is 17.3 Å². The van der Waals surface area contributed by atoms with E-state index >= 15 is 0 Å². The van der Waals surface area contributed by atoms with Crippen molar-refractivity contribution in [1.29, 1.82) is 0 Å². The number of aromatic nitrogens is 1. The van der Waals surface area contributed by atoms with E-state index in [1.54, 1.807) is 13.8 Å². The smallest absolute Gasteiger partial charge is 0.184 e. The van der Waals surface area contributed by atoms with Crippen LogP contribution >= 0.6 is 0 Å². The molecule has 0 spiro atoms. The van der Waals surface area contributed by atoms with Gasteiger partial charge in [-0.1, -0.05) is 5.16 Å². The van der Waals surface area contributed by atoms with Crippen molar-refractivity contribution in [3.8, 4) is 0 Å². The van der Waals surface area contributed by atoms with Gasteiger partial charge in [-0.15, -0.1) is 0 Å². The first-order valence-electron chi connectivity index (χ1n) is 3.33. The molecule has 1 aromatic heterocycles. The summed E-state index contributed by atoms with van der Waals surface area (Å²) in [6.07, 6.45) is 1.32. The van der Waals surface area contributed by atoms with E-state index in [0.717, 1.165) is 0 Å². The predicted molar refractivity (Wildman–Crippen MR) is 39.2 cm³/mol. The number of carbonyl (C=O) groups excluding carboxylic acids is 1. The predicted octanol–water partition coefficient (Wildman–Crippen LogP) is 0.513. The number of carbonyl (C=O) groups is 1. The average molecular weight is 154 g/mol. The highest BCUT2D eigenvalue weighted by Crippen LogP contribution is 2.06. The zero-order valence-corrected chi connectivity index (χ0v) is 6.50. The van der Waals surface area contributed by atoms with Gasteiger partial charge in [0.1, 0.15) is 6.26 Å². The molecule has 4 nitrogen and oxygen atoms in total. The van der Waals surface area contributed by atoms with Crippen molar-refractivity contribution >= 4 is 5.78 Å². The fourth-order valence-corrected chi connectivity index (χ4v) is 0.774. The number of hydrogen-bond donors (Lipinski definition) is 1. The van der Waals surface area contributed by atoms with E-state index in [1.807, 2.05) is 0 Å². The largest absolute Gasteiger partial charge is 0.364 e. The third-order valence-electron chi connectivity index (χ3n) is 1.43. The van der Waals surface area contributed by atoms with Crippen molar-refractivity contribution in [2.45, 2.75) is 19.9 Å². The number of rotatable bonds is 2. The number of hydrogen-bond acceptors (Lipinski definition) is 4. The molecule has 0 saturated carbocycles. The maximum Gasteiger partial charge on any atom is 0.184 e. The van der Waals surface area contributed by atoms with Crippen molar-refractivity contribution in [1.82, 2.24) is 5.16 Å². The van der Waals surface area contributed by atoms with Crippen LogP contribution in [0, 0.1) is 6.92 Å². The normalized spacial score (nSPS) is 13.0. The molecule has 0 radical (unpaired) electrons. The van der Waals surface area contributed by atoms with Gasteiger partial charge in [-0.05, 0) is 13.8 Å². The van der Waals surface area contributed by atoms with Gasteiger partial charge < -0.3 is 10.3 Å². The van der Waals surface area contributed by atoms with E-state index < -0.39 is 6.04 Å². The summed E-state index contributed by atoms with van der Waals surface area (Å²) in [6, 6.07) is -0.493. The summed E-state index contributed by atoms with van der Waals surface area (Å²) in [7, 11) is 0. The molecule has 0 aliphatic rings. The Bertz CT molecular complexity index is 265. The second-order valence-electron chi connectivity index (χ2n) is 2.47. The summed E-state index contributed by atoms with van der Waals surface area (Å²) in [5.41, 5.74) is 6.44. The van der Waals surface area contributed by atoms with Crippen LogP contribution in [0.1, 0.15) is 23.0 Å². The van der Waals surface area contributed by atoms with Crippen molar-refractivity contribution in [2.24, 2.45) is 5.73 Å². The molecule has 0 aliphatic carbocycles. The summed E-state index contributed by atoms with van der Waals surface area (Å²) in [5, 5.41) is 3.57. The number of nitrogens with zero attached hydrogens (tertiary/aromatic N) is 1. The van der Waals surface area contributed by atoms with Crippen molar-refractivity contribution in [3.63, 3.8) is 0 Å². The first-order valence-corrected chi connectivity index (χ1v) is 3.33. The lowest BCUT2D eigenvalue weighted by Gasteiger charge is -1.99. The highest BCUT2D eigenvalue weighted by atomic mass is 16.5. The maximum atomic E-state index is 11.2. The second kappa shape index (κ2) is 2.84. The molecule has 0 aromatic carbocycles. The summed E-state index contributed by atoms with van der Waals surface area (Å²) in [5.74, 6) is -0.135. The van der Waals surface area contributed by atoms with Crippen LogP contribution in [0.3, 0.4) is 0 Å². The molecule has 4 heteroatoms. The minimum atomic E-state index is -0.493. The van der Waals surface area contributed by atoms with Gasteiger partial charge in [-0.3, -0.25) is 4.79 Å². The summed E-state index contributed by atoms with van der Waals surface area (Å²) in [4.78, 5) is 11.2. The van der Waals surface area contributed by atoms with E-state index in [9.17, 15) is 4.79 Å². The maximum absolute atomic E-state index is 11.2. The molecule has 1 unspecified atom stereocenters. The zero-order chi connectivity index (χ0) is 8.43. The summed E-state index contributed by atoms with van der Waals surface area (Å²) in [6.45, 7) is 3.34. The van der Waals surface area contributed by atoms with Crippen LogP contribution in [0.25, 0.3) is 0 Å². The third-order valence-corrected chi connectivity index (χ3v) is 1.43. The molecule has 0 fully saturated rings. The zero-order valence-electron chi connectivity index (χ0n) is 6.50. The minimum absolute atomic E-state index is 0.135. The van der Waals surface area contributed by atoms with Crippen LogP contribution in [-0.2, 0) is 0 Å². The van der Waals surface area contributed by atoms with E-state index in [-0.39, 0.29) is 5.78 Å². The summed E-state index contributed by atoms with van der Waals surface area (Å²) < 4.78 is 4.59. The highest BCUT2D eigenvalue weighted by molar-refractivity contribution is 6.00. The first kappa shape index (κ1) is 7.94. The van der Waals surface area contributed by atoms with E-state index in [1.165, 1.54) is 6.26 Å². The Morgan fingerprint density at radius 3 is 2.82 bits per heavy atom. The molecule has 0 aliphatic heterocycles. The molecule has 1 rings (SSSR count). The molecule has 0 saturated heterocycles. The van der Waals surface area contributed by atoms with Crippen LogP contribution in [0.15, 0.2) is 10.8 Å². The average Bonchev–Trinajstić information content (AvgIpc) is 2.33. The monoisotopic (exact) mass is 154 g/mol. The van der Waals surface area contributed by atoms with Crippen LogP contribution in [0.5, 0.6) is 0 Å². The minimum Gasteiger partial charge on any atom is -0.364 e. The molecular formula is C7H10N2O2. The Morgan fingerprint density at radius 2 is 2.45 bits per heavy atom. The lowest BCUT2D eigenvalue weighted by atomic mass is 10.1. The van der Waals surface area contributed by atoms with Gasteiger partial charge in [0, 0.05) is 0 Å². The molecule has 1 heterocycles. The topological polar surface area (TPSA) is 69.1 Å². The van der Waals surface area contributed by atoms with Gasteiger partial charge in [0.15, 0.2) is 5.78 Å². The van der Waals surface area contributed by atoms with Crippen LogP contribution in [-0.4, -0.2) is 17.0 Å². The van der Waals surface area contributed by atoms with Crippen molar-refractivity contribution in [2.75, 3.05) is 0 Å². The standard InChI is InChI=1S/C7H10N2O2/c1-4(8)7(10)6-3-11-9-5(6)2/h3-4H,8H2,1-2H3. The Balaban J connectivity index is 2.93. The Hall–Kier alpha value is -1.16. The van der Waals surface area contributed by atoms with E-state index in [0.29, 0.717) is 11.3 Å². The number of aryl methyl sites for hydroxylation is 1. The van der Waals surface area contributed by atoms with Crippen LogP contribution in [0.4, 0.5) is 0 Å². The van der Waals surface area contributed by atoms with Crippen LogP contribution in [0.2, 0.25) is 0 Å². The molecule has 0 amide bonds. The van der Waals surface area contributed by atoms with Gasteiger partial charge in [0.2, 0.25) is 0 Å². The Morgan fingerprint density at radius 1 is 1.82 bits per heavy atom. The Labute approximate surface area is 64.4 Å². The molecule has 1 aromatic rings. The molecule has 11 heavy (non-hydrogen) atoms.